The van der Waals surface area contributed by atoms with Gasteiger partial charge in [-0.1, -0.05) is 34.7 Å². The topological polar surface area (TPSA) is 92.5 Å². The van der Waals surface area contributed by atoms with Gasteiger partial charge in [-0.2, -0.15) is 0 Å². The van der Waals surface area contributed by atoms with Crippen LogP contribution in [0.4, 0.5) is 0 Å². The molecule has 0 bridgehead atoms. The third kappa shape index (κ3) is 2.34. The summed E-state index contributed by atoms with van der Waals surface area (Å²) in [6, 6.07) is 4.91. The number of nitrogens with zero attached hydrogens (tertiary/aromatic N) is 1. The molecule has 3 rings (SSSR count). The SMILES string of the molecule is NCc1ccc2c(c1)C(I)N(C1CCC(=O)NC1=O)C2=O. The Morgan fingerprint density at radius 3 is 2.76 bits per heavy atom. The van der Waals surface area contributed by atoms with Gasteiger partial charge in [0.2, 0.25) is 11.8 Å². The van der Waals surface area contributed by atoms with Gasteiger partial charge in [0, 0.05) is 18.5 Å². The highest BCUT2D eigenvalue weighted by Crippen LogP contribution is 2.41. The molecule has 0 aromatic heterocycles. The fraction of sp³-hybridized carbons (Fsp3) is 0.357. The van der Waals surface area contributed by atoms with Crippen molar-refractivity contribution in [1.29, 1.82) is 0 Å². The van der Waals surface area contributed by atoms with Gasteiger partial charge in [0.05, 0.1) is 0 Å². The first-order valence-corrected chi connectivity index (χ1v) is 7.91. The molecule has 1 saturated heterocycles. The van der Waals surface area contributed by atoms with E-state index in [2.05, 4.69) is 27.9 Å². The van der Waals surface area contributed by atoms with Crippen LogP contribution in [-0.2, 0) is 16.1 Å². The van der Waals surface area contributed by atoms with Crippen molar-refractivity contribution in [2.75, 3.05) is 0 Å². The van der Waals surface area contributed by atoms with E-state index in [0.29, 0.717) is 18.5 Å². The molecule has 6 nitrogen and oxygen atoms in total. The van der Waals surface area contributed by atoms with E-state index in [-0.39, 0.29) is 22.3 Å². The van der Waals surface area contributed by atoms with Crippen LogP contribution in [0.5, 0.6) is 0 Å². The summed E-state index contributed by atoms with van der Waals surface area (Å²) in [5.74, 6) is -0.841. The standard InChI is InChI=1S/C14H14IN3O3/c15-12-9-5-7(6-16)1-2-8(9)14(21)18(12)10-3-4-11(19)17-13(10)20/h1-2,5,10,12H,3-4,6,16H2,(H,17,19,20). The summed E-state index contributed by atoms with van der Waals surface area (Å²) < 4.78 is -0.222. The number of nitrogens with two attached hydrogens (primary N) is 1. The number of carbonyl (C=O) groups is 3. The summed E-state index contributed by atoms with van der Waals surface area (Å²) in [7, 11) is 0. The maximum Gasteiger partial charge on any atom is 0.256 e. The monoisotopic (exact) mass is 399 g/mol. The lowest BCUT2D eigenvalue weighted by Crippen LogP contribution is -2.52. The minimum atomic E-state index is -0.592. The summed E-state index contributed by atoms with van der Waals surface area (Å²) >= 11 is 2.15. The Balaban J connectivity index is 1.94. The first-order valence-electron chi connectivity index (χ1n) is 6.66. The van der Waals surface area contributed by atoms with Crippen LogP contribution in [0, 0.1) is 0 Å². The average Bonchev–Trinajstić information content (AvgIpc) is 2.71. The molecule has 1 fully saturated rings. The van der Waals surface area contributed by atoms with E-state index in [1.165, 1.54) is 0 Å². The molecule has 7 heteroatoms. The molecule has 110 valence electrons. The Morgan fingerprint density at radius 1 is 1.33 bits per heavy atom. The van der Waals surface area contributed by atoms with Gasteiger partial charge in [-0.25, -0.2) is 0 Å². The first-order chi connectivity index (χ1) is 10.0. The molecule has 1 aromatic rings. The van der Waals surface area contributed by atoms with Crippen LogP contribution in [0.25, 0.3) is 0 Å². The normalized spacial score (nSPS) is 25.0. The number of rotatable bonds is 2. The highest BCUT2D eigenvalue weighted by Gasteiger charge is 2.43. The van der Waals surface area contributed by atoms with Crippen molar-refractivity contribution in [3.05, 3.63) is 34.9 Å². The van der Waals surface area contributed by atoms with Gasteiger partial charge in [0.25, 0.3) is 5.91 Å². The van der Waals surface area contributed by atoms with Gasteiger partial charge in [-0.3, -0.25) is 19.7 Å². The third-order valence-electron chi connectivity index (χ3n) is 3.86. The van der Waals surface area contributed by atoms with Gasteiger partial charge in [-0.15, -0.1) is 0 Å². The predicted octanol–water partition coefficient (Wildman–Crippen LogP) is 0.840. The Kier molecular flexibility index (Phi) is 3.70. The number of hydrogen-bond donors (Lipinski definition) is 2. The number of imide groups is 1. The van der Waals surface area contributed by atoms with Gasteiger partial charge in [0.15, 0.2) is 0 Å². The first kappa shape index (κ1) is 14.5. The molecule has 3 N–H and O–H groups in total. The second-order valence-electron chi connectivity index (χ2n) is 5.14. The molecule has 3 amide bonds. The molecule has 1 aromatic carbocycles. The van der Waals surface area contributed by atoms with Crippen molar-refractivity contribution < 1.29 is 14.4 Å². The zero-order valence-electron chi connectivity index (χ0n) is 11.1. The van der Waals surface area contributed by atoms with Crippen LogP contribution < -0.4 is 11.1 Å². The quantitative estimate of drug-likeness (QED) is 0.334. The molecular formula is C14H14IN3O3. The molecule has 2 atom stereocenters. The Morgan fingerprint density at radius 2 is 2.10 bits per heavy atom. The van der Waals surface area contributed by atoms with Crippen LogP contribution in [0.15, 0.2) is 18.2 Å². The fourth-order valence-electron chi connectivity index (χ4n) is 2.77. The van der Waals surface area contributed by atoms with Crippen LogP contribution in [0.2, 0.25) is 0 Å². The summed E-state index contributed by atoms with van der Waals surface area (Å²) in [4.78, 5) is 37.4. The van der Waals surface area contributed by atoms with Crippen LogP contribution in [0.1, 0.15) is 38.4 Å². The average molecular weight is 399 g/mol. The smallest absolute Gasteiger partial charge is 0.256 e. The number of nitrogens with one attached hydrogen (secondary N) is 1. The summed E-state index contributed by atoms with van der Waals surface area (Å²) in [6.07, 6.45) is 0.627. The maximum atomic E-state index is 12.6. The summed E-state index contributed by atoms with van der Waals surface area (Å²) in [5.41, 5.74) is 8.08. The van der Waals surface area contributed by atoms with E-state index >= 15 is 0 Å². The van der Waals surface area contributed by atoms with Crippen molar-refractivity contribution in [2.45, 2.75) is 29.5 Å². The molecule has 2 unspecified atom stereocenters. The van der Waals surface area contributed by atoms with Crippen LogP contribution in [0.3, 0.4) is 0 Å². The lowest BCUT2D eigenvalue weighted by Gasteiger charge is -2.32. The Labute approximate surface area is 135 Å². The lowest BCUT2D eigenvalue weighted by atomic mass is 10.0. The van der Waals surface area contributed by atoms with Gasteiger partial charge in [-0.05, 0) is 23.6 Å². The van der Waals surface area contributed by atoms with Gasteiger partial charge < -0.3 is 10.6 Å². The number of benzene rings is 1. The van der Waals surface area contributed by atoms with Crippen molar-refractivity contribution in [3.63, 3.8) is 0 Å². The number of amides is 3. The second kappa shape index (κ2) is 5.38. The van der Waals surface area contributed by atoms with E-state index in [4.69, 9.17) is 5.73 Å². The summed E-state index contributed by atoms with van der Waals surface area (Å²) in [6.45, 7) is 0.406. The number of alkyl halides is 1. The van der Waals surface area contributed by atoms with E-state index < -0.39 is 11.9 Å². The van der Waals surface area contributed by atoms with Crippen LogP contribution >= 0.6 is 22.6 Å². The molecule has 2 aliphatic heterocycles. The second-order valence-corrected chi connectivity index (χ2v) is 6.32. The third-order valence-corrected chi connectivity index (χ3v) is 5.13. The van der Waals surface area contributed by atoms with E-state index in [1.807, 2.05) is 12.1 Å². The van der Waals surface area contributed by atoms with E-state index in [9.17, 15) is 14.4 Å². The Hall–Kier alpha value is -1.48. The number of hydrogen-bond acceptors (Lipinski definition) is 4. The van der Waals surface area contributed by atoms with E-state index in [1.54, 1.807) is 11.0 Å². The number of piperidine rings is 1. The predicted molar refractivity (Wildman–Crippen MR) is 83.4 cm³/mol. The molecule has 2 heterocycles. The minimum absolute atomic E-state index is 0.164. The zero-order chi connectivity index (χ0) is 15.1. The molecule has 0 radical (unpaired) electrons. The zero-order valence-corrected chi connectivity index (χ0v) is 13.3. The van der Waals surface area contributed by atoms with Crippen LogP contribution in [-0.4, -0.2) is 28.7 Å². The lowest BCUT2D eigenvalue weighted by molar-refractivity contribution is -0.136. The van der Waals surface area contributed by atoms with Crippen molar-refractivity contribution in [1.82, 2.24) is 10.2 Å². The number of fused-ring (bicyclic) bond motifs is 1. The molecule has 2 aliphatic rings. The molecule has 0 aliphatic carbocycles. The van der Waals surface area contributed by atoms with Crippen molar-refractivity contribution in [2.24, 2.45) is 5.73 Å². The van der Waals surface area contributed by atoms with Crippen molar-refractivity contribution in [3.8, 4) is 0 Å². The number of halogens is 1. The minimum Gasteiger partial charge on any atom is -0.326 e. The van der Waals surface area contributed by atoms with Crippen molar-refractivity contribution >= 4 is 40.3 Å². The van der Waals surface area contributed by atoms with E-state index in [0.717, 1.165) is 11.1 Å². The molecule has 0 spiro atoms. The molecule has 21 heavy (non-hydrogen) atoms. The highest BCUT2D eigenvalue weighted by molar-refractivity contribution is 14.1. The number of carbonyl (C=O) groups excluding carboxylic acids is 3. The molecule has 0 saturated carbocycles. The van der Waals surface area contributed by atoms with Gasteiger partial charge >= 0.3 is 0 Å². The fourth-order valence-corrected chi connectivity index (χ4v) is 3.93. The largest absolute Gasteiger partial charge is 0.326 e. The molecular weight excluding hydrogens is 385 g/mol. The summed E-state index contributed by atoms with van der Waals surface area (Å²) in [5, 5.41) is 2.30. The van der Waals surface area contributed by atoms with Gasteiger partial charge in [0.1, 0.15) is 10.1 Å². The highest BCUT2D eigenvalue weighted by atomic mass is 127. The maximum absolute atomic E-state index is 12.6. The Bertz CT molecular complexity index is 646.